The Kier molecular flexibility index (Phi) is 1.79. The molecule has 0 atom stereocenters. The number of nitro benzene ring substituents is 1. The van der Waals surface area contributed by atoms with Gasteiger partial charge in [0.1, 0.15) is 17.1 Å². The quantitative estimate of drug-likeness (QED) is 0.402. The number of esters is 1. The largest absolute Gasteiger partial charge is 0.423 e. The molecule has 0 spiro atoms. The summed E-state index contributed by atoms with van der Waals surface area (Å²) >= 11 is 0. The summed E-state index contributed by atoms with van der Waals surface area (Å²) in [6, 6.07) is 1.62. The fraction of sp³-hybridized carbons (Fsp3) is 0. The molecule has 0 amide bonds. The van der Waals surface area contributed by atoms with E-state index in [1.807, 2.05) is 0 Å². The second-order valence-electron chi connectivity index (χ2n) is 2.92. The first-order valence-corrected chi connectivity index (χ1v) is 3.90. The third kappa shape index (κ3) is 1.26. The van der Waals surface area contributed by atoms with Crippen LogP contribution in [0.2, 0.25) is 0 Å². The van der Waals surface area contributed by atoms with Gasteiger partial charge in [-0.1, -0.05) is 6.58 Å². The van der Waals surface area contributed by atoms with Gasteiger partial charge in [0.25, 0.3) is 5.69 Å². The van der Waals surface area contributed by atoms with E-state index in [1.54, 1.807) is 0 Å². The van der Waals surface area contributed by atoms with Crippen LogP contribution in [-0.2, 0) is 4.74 Å². The van der Waals surface area contributed by atoms with E-state index < -0.39 is 22.4 Å². The van der Waals surface area contributed by atoms with E-state index in [0.717, 1.165) is 12.1 Å². The summed E-state index contributed by atoms with van der Waals surface area (Å²) in [4.78, 5) is 20.9. The zero-order valence-corrected chi connectivity index (χ0v) is 7.32. The number of nitrogens with zero attached hydrogens (tertiary/aromatic N) is 1. The molecule has 1 aliphatic heterocycles. The van der Waals surface area contributed by atoms with Crippen LogP contribution in [-0.4, -0.2) is 10.9 Å². The third-order valence-corrected chi connectivity index (χ3v) is 1.99. The van der Waals surface area contributed by atoms with Gasteiger partial charge < -0.3 is 4.74 Å². The number of halogens is 1. The zero-order chi connectivity index (χ0) is 11.2. The molecular weight excluding hydrogens is 205 g/mol. The summed E-state index contributed by atoms with van der Waals surface area (Å²) < 4.78 is 17.5. The molecule has 0 unspecified atom stereocenters. The van der Waals surface area contributed by atoms with Gasteiger partial charge in [0.2, 0.25) is 0 Å². The van der Waals surface area contributed by atoms with Crippen molar-refractivity contribution in [3.63, 3.8) is 0 Å². The summed E-state index contributed by atoms with van der Waals surface area (Å²) in [5.74, 6) is -1.80. The first-order chi connectivity index (χ1) is 7.00. The Morgan fingerprint density at radius 2 is 2.13 bits per heavy atom. The molecule has 1 aliphatic rings. The maximum absolute atomic E-state index is 12.9. The van der Waals surface area contributed by atoms with Crippen molar-refractivity contribution in [3.05, 3.63) is 45.8 Å². The van der Waals surface area contributed by atoms with Crippen molar-refractivity contribution < 1.29 is 18.8 Å². The number of rotatable bonds is 1. The molecule has 0 saturated heterocycles. The Bertz CT molecular complexity index is 509. The molecule has 6 heteroatoms. The lowest BCUT2D eigenvalue weighted by molar-refractivity contribution is -0.385. The molecule has 0 N–H and O–H groups in total. The molecule has 1 aromatic rings. The topological polar surface area (TPSA) is 69.4 Å². The highest BCUT2D eigenvalue weighted by Gasteiger charge is 2.33. The van der Waals surface area contributed by atoms with Crippen LogP contribution in [0, 0.1) is 15.9 Å². The summed E-state index contributed by atoms with van der Waals surface area (Å²) in [5.41, 5.74) is -0.723. The SMILES string of the molecule is C=C1OC(=O)c2cc(F)cc([N+](=O)[O-])c21. The minimum Gasteiger partial charge on any atom is -0.423 e. The van der Waals surface area contributed by atoms with Crippen molar-refractivity contribution in [2.75, 3.05) is 0 Å². The summed E-state index contributed by atoms with van der Waals surface area (Å²) in [6.07, 6.45) is 0. The molecule has 2 rings (SSSR count). The van der Waals surface area contributed by atoms with Crippen molar-refractivity contribution in [1.29, 1.82) is 0 Å². The van der Waals surface area contributed by atoms with E-state index in [4.69, 9.17) is 0 Å². The van der Waals surface area contributed by atoms with E-state index in [2.05, 4.69) is 11.3 Å². The highest BCUT2D eigenvalue weighted by Crippen LogP contribution is 2.36. The standard InChI is InChI=1S/C9H4FNO4/c1-4-8-6(9(12)15-4)2-5(10)3-7(8)11(13)14/h2-3H,1H2. The number of hydrogen-bond donors (Lipinski definition) is 0. The normalized spacial score (nSPS) is 13.7. The van der Waals surface area contributed by atoms with Crippen LogP contribution >= 0.6 is 0 Å². The Hall–Kier alpha value is -2.24. The fourth-order valence-corrected chi connectivity index (χ4v) is 1.41. The molecule has 76 valence electrons. The number of ether oxygens (including phenoxy) is 1. The molecule has 0 fully saturated rings. The van der Waals surface area contributed by atoms with Crippen molar-refractivity contribution >= 4 is 17.4 Å². The highest BCUT2D eigenvalue weighted by molar-refractivity contribution is 6.04. The zero-order valence-electron chi connectivity index (χ0n) is 7.32. The number of carbonyl (C=O) groups is 1. The van der Waals surface area contributed by atoms with Gasteiger partial charge in [0, 0.05) is 0 Å². The van der Waals surface area contributed by atoms with E-state index in [0.29, 0.717) is 0 Å². The summed E-state index contributed by atoms with van der Waals surface area (Å²) in [7, 11) is 0. The average molecular weight is 209 g/mol. The van der Waals surface area contributed by atoms with E-state index in [-0.39, 0.29) is 16.9 Å². The molecule has 0 bridgehead atoms. The van der Waals surface area contributed by atoms with E-state index >= 15 is 0 Å². The second-order valence-corrected chi connectivity index (χ2v) is 2.92. The number of hydrogen-bond acceptors (Lipinski definition) is 4. The van der Waals surface area contributed by atoms with Gasteiger partial charge in [-0.2, -0.15) is 0 Å². The van der Waals surface area contributed by atoms with Crippen molar-refractivity contribution in [3.8, 4) is 0 Å². The van der Waals surface area contributed by atoms with Crippen LogP contribution in [0.3, 0.4) is 0 Å². The van der Waals surface area contributed by atoms with Crippen LogP contribution < -0.4 is 0 Å². The van der Waals surface area contributed by atoms with Crippen LogP contribution in [0.15, 0.2) is 18.7 Å². The molecule has 1 heterocycles. The first-order valence-electron chi connectivity index (χ1n) is 3.90. The van der Waals surface area contributed by atoms with Crippen LogP contribution in [0.4, 0.5) is 10.1 Å². The lowest BCUT2D eigenvalue weighted by atomic mass is 10.1. The molecule has 0 radical (unpaired) electrons. The van der Waals surface area contributed by atoms with Gasteiger partial charge in [0.05, 0.1) is 16.6 Å². The van der Waals surface area contributed by atoms with Crippen molar-refractivity contribution in [2.24, 2.45) is 0 Å². The predicted octanol–water partition coefficient (Wildman–Crippen LogP) is 1.88. The molecule has 5 nitrogen and oxygen atoms in total. The molecule has 0 aliphatic carbocycles. The Balaban J connectivity index is 2.79. The van der Waals surface area contributed by atoms with Crippen LogP contribution in [0.1, 0.15) is 15.9 Å². The second kappa shape index (κ2) is 2.88. The van der Waals surface area contributed by atoms with Crippen molar-refractivity contribution in [1.82, 2.24) is 0 Å². The molecule has 0 aromatic heterocycles. The van der Waals surface area contributed by atoms with Crippen LogP contribution in [0.5, 0.6) is 0 Å². The van der Waals surface area contributed by atoms with Gasteiger partial charge in [-0.3, -0.25) is 10.1 Å². The van der Waals surface area contributed by atoms with Crippen molar-refractivity contribution in [2.45, 2.75) is 0 Å². The molecule has 1 aromatic carbocycles. The Morgan fingerprint density at radius 3 is 2.73 bits per heavy atom. The maximum Gasteiger partial charge on any atom is 0.344 e. The van der Waals surface area contributed by atoms with E-state index in [1.165, 1.54) is 0 Å². The van der Waals surface area contributed by atoms with Gasteiger partial charge >= 0.3 is 5.97 Å². The monoisotopic (exact) mass is 209 g/mol. The van der Waals surface area contributed by atoms with Gasteiger partial charge in [-0.15, -0.1) is 0 Å². The average Bonchev–Trinajstić information content (AvgIpc) is 2.41. The molecule has 0 saturated carbocycles. The smallest absolute Gasteiger partial charge is 0.344 e. The number of carbonyl (C=O) groups excluding carboxylic acids is 1. The van der Waals surface area contributed by atoms with Gasteiger partial charge in [-0.05, 0) is 6.07 Å². The number of cyclic esters (lactones) is 1. The number of nitro groups is 1. The maximum atomic E-state index is 12.9. The third-order valence-electron chi connectivity index (χ3n) is 1.99. The minimum atomic E-state index is -0.855. The predicted molar refractivity (Wildman–Crippen MR) is 47.5 cm³/mol. The Morgan fingerprint density at radius 1 is 1.47 bits per heavy atom. The van der Waals surface area contributed by atoms with Crippen LogP contribution in [0.25, 0.3) is 5.76 Å². The first kappa shape index (κ1) is 9.32. The minimum absolute atomic E-state index is 0.0496. The van der Waals surface area contributed by atoms with E-state index in [9.17, 15) is 19.3 Å². The lowest BCUT2D eigenvalue weighted by Gasteiger charge is -1.97. The van der Waals surface area contributed by atoms with Gasteiger partial charge in [-0.25, -0.2) is 9.18 Å². The summed E-state index contributed by atoms with van der Waals surface area (Å²) in [5, 5.41) is 10.6. The lowest BCUT2D eigenvalue weighted by Crippen LogP contribution is -1.98. The Labute approximate surface area is 82.9 Å². The molecular formula is C9H4FNO4. The van der Waals surface area contributed by atoms with Gasteiger partial charge in [0.15, 0.2) is 0 Å². The number of benzene rings is 1. The summed E-state index contributed by atoms with van der Waals surface area (Å²) in [6.45, 7) is 3.35. The highest BCUT2D eigenvalue weighted by atomic mass is 19.1. The number of fused-ring (bicyclic) bond motifs is 1. The molecule has 15 heavy (non-hydrogen) atoms. The fourth-order valence-electron chi connectivity index (χ4n) is 1.41.